The second kappa shape index (κ2) is 6.26. The molecule has 2 aliphatic heterocycles. The Bertz CT molecular complexity index is 539. The molecular weight excluding hydrogens is 282 g/mol. The summed E-state index contributed by atoms with van der Waals surface area (Å²) in [6.07, 6.45) is 2.04. The Labute approximate surface area is 131 Å². The minimum absolute atomic E-state index is 0.0111. The molecule has 5 heteroatoms. The van der Waals surface area contributed by atoms with Gasteiger partial charge in [-0.25, -0.2) is 0 Å². The zero-order valence-corrected chi connectivity index (χ0v) is 13.2. The van der Waals surface area contributed by atoms with Crippen LogP contribution in [-0.4, -0.2) is 55.9 Å². The maximum atomic E-state index is 12.2. The average Bonchev–Trinajstić information content (AvgIpc) is 2.51. The molecule has 0 unspecified atom stereocenters. The number of hydrogen-bond acceptors (Lipinski definition) is 4. The second-order valence-corrected chi connectivity index (χ2v) is 6.19. The van der Waals surface area contributed by atoms with Crippen LogP contribution >= 0.6 is 0 Å². The lowest BCUT2D eigenvalue weighted by Gasteiger charge is -2.52. The van der Waals surface area contributed by atoms with Crippen LogP contribution in [0.4, 0.5) is 0 Å². The minimum Gasteiger partial charge on any atom is -0.484 e. The minimum atomic E-state index is -0.197. The Hall–Kier alpha value is -1.59. The molecule has 0 bridgehead atoms. The van der Waals surface area contributed by atoms with Gasteiger partial charge in [-0.3, -0.25) is 4.79 Å². The SMILES string of the molecule is CO[C@@H]1CCOC2(C1)CN(C(=O)COc1ccccc1C)C2. The topological polar surface area (TPSA) is 48.0 Å². The molecule has 0 aromatic heterocycles. The Balaban J connectivity index is 1.48. The van der Waals surface area contributed by atoms with Crippen LogP contribution in [0, 0.1) is 6.92 Å². The Morgan fingerprint density at radius 2 is 2.18 bits per heavy atom. The van der Waals surface area contributed by atoms with Crippen LogP contribution in [0.1, 0.15) is 18.4 Å². The molecule has 22 heavy (non-hydrogen) atoms. The molecule has 3 rings (SSSR count). The fourth-order valence-corrected chi connectivity index (χ4v) is 3.18. The maximum Gasteiger partial charge on any atom is 0.260 e. The molecule has 0 aliphatic carbocycles. The van der Waals surface area contributed by atoms with E-state index in [2.05, 4.69) is 0 Å². The maximum absolute atomic E-state index is 12.2. The molecule has 2 saturated heterocycles. The number of hydrogen-bond donors (Lipinski definition) is 0. The predicted octanol–water partition coefficient (Wildman–Crippen LogP) is 1.78. The van der Waals surface area contributed by atoms with Crippen LogP contribution in [-0.2, 0) is 14.3 Å². The molecule has 1 spiro atoms. The van der Waals surface area contributed by atoms with Gasteiger partial charge in [0.1, 0.15) is 11.4 Å². The lowest BCUT2D eigenvalue weighted by Crippen LogP contribution is -2.67. The summed E-state index contributed by atoms with van der Waals surface area (Å²) in [5.74, 6) is 0.775. The molecule has 1 aromatic carbocycles. The van der Waals surface area contributed by atoms with E-state index in [9.17, 15) is 4.79 Å². The number of benzene rings is 1. The third kappa shape index (κ3) is 3.10. The van der Waals surface area contributed by atoms with Gasteiger partial charge in [0, 0.05) is 20.1 Å². The molecule has 5 nitrogen and oxygen atoms in total. The number of amides is 1. The van der Waals surface area contributed by atoms with E-state index in [0.717, 1.165) is 24.2 Å². The third-order valence-electron chi connectivity index (χ3n) is 4.54. The van der Waals surface area contributed by atoms with E-state index in [1.807, 2.05) is 31.2 Å². The van der Waals surface area contributed by atoms with Crippen molar-refractivity contribution in [3.05, 3.63) is 29.8 Å². The molecule has 1 atom stereocenters. The van der Waals surface area contributed by atoms with Crippen molar-refractivity contribution < 1.29 is 19.0 Å². The number of carbonyl (C=O) groups is 1. The summed E-state index contributed by atoms with van der Waals surface area (Å²) in [5.41, 5.74) is 0.839. The number of likely N-dealkylation sites (tertiary alicyclic amines) is 1. The summed E-state index contributed by atoms with van der Waals surface area (Å²) in [4.78, 5) is 14.0. The summed E-state index contributed by atoms with van der Waals surface area (Å²) in [6.45, 7) is 4.04. The first-order valence-corrected chi connectivity index (χ1v) is 7.75. The van der Waals surface area contributed by atoms with E-state index in [4.69, 9.17) is 14.2 Å². The number of methoxy groups -OCH3 is 1. The Morgan fingerprint density at radius 3 is 2.91 bits per heavy atom. The predicted molar refractivity (Wildman–Crippen MR) is 82.0 cm³/mol. The number of ether oxygens (including phenoxy) is 3. The van der Waals surface area contributed by atoms with Crippen molar-refractivity contribution in [3.63, 3.8) is 0 Å². The first kappa shape index (κ1) is 15.3. The van der Waals surface area contributed by atoms with Gasteiger partial charge in [0.2, 0.25) is 0 Å². The summed E-state index contributed by atoms with van der Waals surface area (Å²) >= 11 is 0. The molecular formula is C17H23NO4. The fraction of sp³-hybridized carbons (Fsp3) is 0.588. The summed E-state index contributed by atoms with van der Waals surface area (Å²) in [5, 5.41) is 0. The van der Waals surface area contributed by atoms with Gasteiger partial charge in [0.15, 0.2) is 6.61 Å². The van der Waals surface area contributed by atoms with Gasteiger partial charge in [-0.2, -0.15) is 0 Å². The molecule has 0 radical (unpaired) electrons. The van der Waals surface area contributed by atoms with Crippen LogP contribution in [0.25, 0.3) is 0 Å². The van der Waals surface area contributed by atoms with Crippen LogP contribution in [0.2, 0.25) is 0 Å². The van der Waals surface area contributed by atoms with Gasteiger partial charge in [0.05, 0.1) is 19.2 Å². The van der Waals surface area contributed by atoms with E-state index in [-0.39, 0.29) is 24.2 Å². The zero-order chi connectivity index (χ0) is 15.6. The van der Waals surface area contributed by atoms with Gasteiger partial charge >= 0.3 is 0 Å². The van der Waals surface area contributed by atoms with Gasteiger partial charge in [0.25, 0.3) is 5.91 Å². The van der Waals surface area contributed by atoms with Gasteiger partial charge in [-0.15, -0.1) is 0 Å². The summed E-state index contributed by atoms with van der Waals surface area (Å²) < 4.78 is 16.9. The molecule has 0 N–H and O–H groups in total. The lowest BCUT2D eigenvalue weighted by molar-refractivity contribution is -0.199. The quantitative estimate of drug-likeness (QED) is 0.851. The van der Waals surface area contributed by atoms with Crippen LogP contribution < -0.4 is 4.74 Å². The van der Waals surface area contributed by atoms with Crippen molar-refractivity contribution in [2.24, 2.45) is 0 Å². The number of nitrogens with zero attached hydrogens (tertiary/aromatic N) is 1. The molecule has 120 valence electrons. The van der Waals surface area contributed by atoms with Crippen molar-refractivity contribution in [2.75, 3.05) is 33.4 Å². The van der Waals surface area contributed by atoms with Crippen LogP contribution in [0.5, 0.6) is 5.75 Å². The number of para-hydroxylation sites is 1. The highest BCUT2D eigenvalue weighted by Crippen LogP contribution is 2.35. The largest absolute Gasteiger partial charge is 0.484 e. The highest BCUT2D eigenvalue weighted by atomic mass is 16.5. The molecule has 2 fully saturated rings. The number of rotatable bonds is 4. The van der Waals surface area contributed by atoms with Gasteiger partial charge in [-0.1, -0.05) is 18.2 Å². The Kier molecular flexibility index (Phi) is 4.36. The molecule has 2 heterocycles. The first-order chi connectivity index (χ1) is 10.6. The first-order valence-electron chi connectivity index (χ1n) is 7.75. The van der Waals surface area contributed by atoms with Crippen molar-refractivity contribution in [1.29, 1.82) is 0 Å². The third-order valence-corrected chi connectivity index (χ3v) is 4.54. The van der Waals surface area contributed by atoms with Crippen molar-refractivity contribution in [2.45, 2.75) is 31.5 Å². The van der Waals surface area contributed by atoms with E-state index in [1.165, 1.54) is 0 Å². The molecule has 0 saturated carbocycles. The van der Waals surface area contributed by atoms with Crippen LogP contribution in [0.3, 0.4) is 0 Å². The fourth-order valence-electron chi connectivity index (χ4n) is 3.18. The van der Waals surface area contributed by atoms with Crippen molar-refractivity contribution >= 4 is 5.91 Å². The Morgan fingerprint density at radius 1 is 1.41 bits per heavy atom. The highest BCUT2D eigenvalue weighted by Gasteiger charge is 2.49. The van der Waals surface area contributed by atoms with E-state index in [0.29, 0.717) is 19.7 Å². The van der Waals surface area contributed by atoms with Gasteiger partial charge in [-0.05, 0) is 25.0 Å². The second-order valence-electron chi connectivity index (χ2n) is 6.19. The molecule has 2 aliphatic rings. The summed E-state index contributed by atoms with van der Waals surface area (Å²) in [7, 11) is 1.74. The molecule has 1 aromatic rings. The zero-order valence-electron chi connectivity index (χ0n) is 13.2. The molecule has 1 amide bonds. The van der Waals surface area contributed by atoms with Crippen molar-refractivity contribution in [1.82, 2.24) is 4.90 Å². The van der Waals surface area contributed by atoms with E-state index in [1.54, 1.807) is 12.0 Å². The van der Waals surface area contributed by atoms with E-state index < -0.39 is 0 Å². The lowest BCUT2D eigenvalue weighted by atomic mass is 9.84. The average molecular weight is 305 g/mol. The van der Waals surface area contributed by atoms with Crippen molar-refractivity contribution in [3.8, 4) is 5.75 Å². The number of carbonyl (C=O) groups excluding carboxylic acids is 1. The highest BCUT2D eigenvalue weighted by molar-refractivity contribution is 5.79. The number of aryl methyl sites for hydroxylation is 1. The standard InChI is InChI=1S/C17H23NO4/c1-13-5-3-4-6-15(13)21-10-16(19)18-11-17(12-18)9-14(20-2)7-8-22-17/h3-6,14H,7-12H2,1-2H3/t14-/m1/s1. The van der Waals surface area contributed by atoms with Crippen LogP contribution in [0.15, 0.2) is 24.3 Å². The normalized spacial score (nSPS) is 23.2. The monoisotopic (exact) mass is 305 g/mol. The summed E-state index contributed by atoms with van der Waals surface area (Å²) in [6, 6.07) is 7.72. The van der Waals surface area contributed by atoms with Gasteiger partial charge < -0.3 is 19.1 Å². The van der Waals surface area contributed by atoms with E-state index >= 15 is 0 Å². The smallest absolute Gasteiger partial charge is 0.260 e.